The van der Waals surface area contributed by atoms with Gasteiger partial charge in [-0.2, -0.15) is 0 Å². The van der Waals surface area contributed by atoms with Gasteiger partial charge in [0, 0.05) is 0 Å². The van der Waals surface area contributed by atoms with Crippen molar-refractivity contribution in [3.8, 4) is 0 Å². The van der Waals surface area contributed by atoms with Crippen molar-refractivity contribution in [1.82, 2.24) is 0 Å². The molecule has 2 aromatic carbocycles. The molecule has 0 nitrogen and oxygen atoms in total. The number of hydrogen-bond acceptors (Lipinski definition) is 0. The summed E-state index contributed by atoms with van der Waals surface area (Å²) in [4.78, 5) is 0. The second-order valence-electron chi connectivity index (χ2n) is 5.39. The molecule has 0 bridgehead atoms. The Bertz CT molecular complexity index is 707. The van der Waals surface area contributed by atoms with Crippen LogP contribution in [-0.2, 0) is 12.8 Å². The Balaban J connectivity index is 1.80. The number of hydrogen-bond donors (Lipinski definition) is 0. The van der Waals surface area contributed by atoms with Gasteiger partial charge in [0.25, 0.3) is 0 Å². The van der Waals surface area contributed by atoms with Crippen molar-refractivity contribution in [2.45, 2.75) is 12.8 Å². The molecule has 0 heterocycles. The maximum absolute atomic E-state index is 2.32. The van der Waals surface area contributed by atoms with Crippen LogP contribution in [0.4, 0.5) is 0 Å². The summed E-state index contributed by atoms with van der Waals surface area (Å²) in [6, 6.07) is 8.60. The van der Waals surface area contributed by atoms with E-state index >= 15 is 0 Å². The minimum absolute atomic E-state index is 1.23. The second kappa shape index (κ2) is 2.84. The largest absolute Gasteiger partial charge is 0.0616 e. The van der Waals surface area contributed by atoms with E-state index in [0.29, 0.717) is 0 Å². The van der Waals surface area contributed by atoms with Crippen molar-refractivity contribution < 1.29 is 0 Å². The number of rotatable bonds is 0. The lowest BCUT2D eigenvalue weighted by Crippen LogP contribution is -1.86. The summed E-state index contributed by atoms with van der Waals surface area (Å²) >= 11 is 0. The fourth-order valence-electron chi connectivity index (χ4n) is 3.22. The predicted octanol–water partition coefficient (Wildman–Crippen LogP) is 4.15. The average Bonchev–Trinajstić information content (AvgIpc) is 3.22. The summed E-state index contributed by atoms with van der Waals surface area (Å²) in [6.07, 6.45) is 11.6. The predicted molar refractivity (Wildman–Crippen MR) is 76.4 cm³/mol. The van der Waals surface area contributed by atoms with E-state index in [0.717, 1.165) is 0 Å². The van der Waals surface area contributed by atoms with Gasteiger partial charge in [0.1, 0.15) is 0 Å². The van der Waals surface area contributed by atoms with Crippen molar-refractivity contribution in [3.63, 3.8) is 0 Å². The Kier molecular flexibility index (Phi) is 1.41. The zero-order valence-corrected chi connectivity index (χ0v) is 10.0. The highest BCUT2D eigenvalue weighted by Gasteiger charge is 2.36. The fourth-order valence-corrected chi connectivity index (χ4v) is 3.22. The molecule has 0 radical (unpaired) electrons. The van der Waals surface area contributed by atoms with Crippen molar-refractivity contribution in [2.75, 3.05) is 0 Å². The molecule has 0 atom stereocenters. The highest BCUT2D eigenvalue weighted by molar-refractivity contribution is 5.92. The van der Waals surface area contributed by atoms with E-state index in [4.69, 9.17) is 0 Å². The summed E-state index contributed by atoms with van der Waals surface area (Å²) in [5, 5.41) is 0. The molecule has 3 aliphatic carbocycles. The van der Waals surface area contributed by atoms with Crippen molar-refractivity contribution in [1.29, 1.82) is 0 Å². The Morgan fingerprint density at radius 2 is 1.06 bits per heavy atom. The summed E-state index contributed by atoms with van der Waals surface area (Å²) < 4.78 is 0. The highest BCUT2D eigenvalue weighted by atomic mass is 14.4. The zero-order chi connectivity index (χ0) is 11.7. The van der Waals surface area contributed by atoms with Gasteiger partial charge in [0.15, 0.2) is 0 Å². The van der Waals surface area contributed by atoms with Crippen LogP contribution in [-0.4, -0.2) is 0 Å². The first-order valence-corrected chi connectivity index (χ1v) is 6.56. The van der Waals surface area contributed by atoms with Crippen LogP contribution in [0.3, 0.4) is 0 Å². The monoisotopic (exact) mass is 228 g/mol. The first-order valence-electron chi connectivity index (χ1n) is 6.56. The van der Waals surface area contributed by atoms with E-state index in [2.05, 4.69) is 48.6 Å². The quantitative estimate of drug-likeness (QED) is 0.373. The van der Waals surface area contributed by atoms with Gasteiger partial charge in [-0.15, -0.1) is 0 Å². The molecule has 3 aliphatic rings. The third kappa shape index (κ3) is 1.06. The van der Waals surface area contributed by atoms with Gasteiger partial charge in [-0.3, -0.25) is 0 Å². The van der Waals surface area contributed by atoms with Crippen molar-refractivity contribution >= 4 is 24.3 Å². The molecule has 0 fully saturated rings. The van der Waals surface area contributed by atoms with E-state index in [-0.39, 0.29) is 0 Å². The van der Waals surface area contributed by atoms with Crippen LogP contribution in [0.2, 0.25) is 0 Å². The lowest BCUT2D eigenvalue weighted by atomic mass is 9.98. The first kappa shape index (κ1) is 8.93. The molecule has 0 aromatic heterocycles. The Morgan fingerprint density at radius 1 is 0.556 bits per heavy atom. The van der Waals surface area contributed by atoms with Gasteiger partial charge in [0.05, 0.1) is 0 Å². The topological polar surface area (TPSA) is 0 Å². The molecular weight excluding hydrogens is 216 g/mol. The van der Waals surface area contributed by atoms with Crippen LogP contribution < -0.4 is 0 Å². The lowest BCUT2D eigenvalue weighted by Gasteiger charge is -2.07. The fraction of sp³-hybridized carbons (Fsp3) is 0.111. The molecule has 18 heavy (non-hydrogen) atoms. The van der Waals surface area contributed by atoms with Gasteiger partial charge in [-0.05, 0) is 57.3 Å². The van der Waals surface area contributed by atoms with Crippen LogP contribution >= 0.6 is 0 Å². The van der Waals surface area contributed by atoms with E-state index in [1.807, 2.05) is 0 Å². The summed E-state index contributed by atoms with van der Waals surface area (Å²) in [5.41, 5.74) is 12.1. The molecule has 2 aromatic rings. The van der Waals surface area contributed by atoms with Crippen LogP contribution in [0.1, 0.15) is 44.5 Å². The summed E-state index contributed by atoms with van der Waals surface area (Å²) in [6.45, 7) is 0. The smallest absolute Gasteiger partial charge is 0.00106 e. The van der Waals surface area contributed by atoms with E-state index in [9.17, 15) is 0 Å². The normalized spacial score (nSPS) is 19.6. The van der Waals surface area contributed by atoms with Crippen LogP contribution in [0, 0.1) is 0 Å². The molecule has 84 valence electrons. The molecule has 0 saturated carbocycles. The number of benzene rings is 2. The third-order valence-electron chi connectivity index (χ3n) is 4.35. The van der Waals surface area contributed by atoms with Gasteiger partial charge < -0.3 is 0 Å². The minimum atomic E-state index is 1.23. The molecule has 0 amide bonds. The van der Waals surface area contributed by atoms with Crippen LogP contribution in [0.25, 0.3) is 24.3 Å². The van der Waals surface area contributed by atoms with E-state index in [1.54, 1.807) is 22.3 Å². The van der Waals surface area contributed by atoms with Crippen LogP contribution in [0.5, 0.6) is 0 Å². The van der Waals surface area contributed by atoms with Gasteiger partial charge in [0.2, 0.25) is 0 Å². The molecule has 5 rings (SSSR count). The van der Waals surface area contributed by atoms with E-state index < -0.39 is 0 Å². The Hall–Kier alpha value is -2.08. The highest BCUT2D eigenvalue weighted by Crippen LogP contribution is 2.49. The van der Waals surface area contributed by atoms with Crippen molar-refractivity contribution in [3.05, 3.63) is 68.8 Å². The maximum atomic E-state index is 2.32. The molecule has 0 heteroatoms. The van der Waals surface area contributed by atoms with E-state index in [1.165, 1.54) is 35.1 Å². The molecular formula is C18H12. The summed E-state index contributed by atoms with van der Waals surface area (Å²) in [7, 11) is 0. The zero-order valence-electron chi connectivity index (χ0n) is 10.0. The summed E-state index contributed by atoms with van der Waals surface area (Å²) in [5.74, 6) is 0. The molecule has 0 aliphatic heterocycles. The van der Waals surface area contributed by atoms with Crippen molar-refractivity contribution in [2.24, 2.45) is 0 Å². The van der Waals surface area contributed by atoms with Gasteiger partial charge in [-0.25, -0.2) is 0 Å². The number of fused-ring (bicyclic) bond motifs is 7. The second-order valence-corrected chi connectivity index (χ2v) is 5.39. The molecule has 0 N–H and O–H groups in total. The standard InChI is InChI=1S/C18H12/c1-2-4-12-6-8-14-13(7-5-11(12)3-1)15-9-17(15)18-10-16(14)18/h1-8H,9-10H2/b7-5-,8-6-,11-5?,12-6?,13-7?,14-8?. The van der Waals surface area contributed by atoms with Gasteiger partial charge >= 0.3 is 0 Å². The average molecular weight is 228 g/mol. The molecule has 0 saturated heterocycles. The molecule has 0 spiro atoms. The third-order valence-corrected chi connectivity index (χ3v) is 4.35. The Labute approximate surface area is 106 Å². The minimum Gasteiger partial charge on any atom is -0.0616 e. The first-order chi connectivity index (χ1) is 8.92. The van der Waals surface area contributed by atoms with Gasteiger partial charge in [-0.1, -0.05) is 48.6 Å². The van der Waals surface area contributed by atoms with Crippen LogP contribution in [0.15, 0.2) is 24.3 Å². The lowest BCUT2D eigenvalue weighted by molar-refractivity contribution is 1.49. The SMILES string of the molecule is C1=C\c2c(c3c(c4c2C4)C3)/C=C\c2ccccc2/1. The molecule has 0 unspecified atom stereocenters. The Morgan fingerprint density at radius 3 is 1.56 bits per heavy atom. The maximum Gasteiger partial charge on any atom is -0.00106 e.